The summed E-state index contributed by atoms with van der Waals surface area (Å²) in [5.74, 6) is -1.19. The minimum atomic E-state index is -4.22. The van der Waals surface area contributed by atoms with Gasteiger partial charge >= 0.3 is 13.6 Å². The van der Waals surface area contributed by atoms with E-state index in [9.17, 15) is 9.36 Å². The average molecular weight is 274 g/mol. The van der Waals surface area contributed by atoms with E-state index in [-0.39, 0.29) is 11.1 Å². The Morgan fingerprint density at radius 1 is 1.17 bits per heavy atom. The Labute approximate surface area is 107 Å². The Hall–Kier alpha value is -1.16. The van der Waals surface area contributed by atoms with Crippen LogP contribution in [-0.2, 0) is 10.7 Å². The number of hydrogen-bond acceptors (Lipinski definition) is 2. The van der Waals surface area contributed by atoms with Crippen molar-refractivity contribution in [1.82, 2.24) is 0 Å². The van der Waals surface area contributed by atoms with Gasteiger partial charge in [-0.25, -0.2) is 4.79 Å². The van der Waals surface area contributed by atoms with Crippen LogP contribution < -0.4 is 0 Å². The SMILES string of the molecule is CCCC.O=C(O)c1ccccc1CP(=O)(O)O. The molecule has 0 heterocycles. The van der Waals surface area contributed by atoms with Crippen LogP contribution in [0.15, 0.2) is 24.3 Å². The molecule has 0 bridgehead atoms. The van der Waals surface area contributed by atoms with Crippen molar-refractivity contribution in [2.75, 3.05) is 0 Å². The molecular formula is C12H19O5P. The maximum Gasteiger partial charge on any atom is 0.335 e. The quantitative estimate of drug-likeness (QED) is 0.734. The third-order valence-corrected chi connectivity index (χ3v) is 2.88. The smallest absolute Gasteiger partial charge is 0.335 e. The van der Waals surface area contributed by atoms with Crippen LogP contribution in [0.3, 0.4) is 0 Å². The van der Waals surface area contributed by atoms with Crippen LogP contribution in [0.2, 0.25) is 0 Å². The Morgan fingerprint density at radius 3 is 2.06 bits per heavy atom. The van der Waals surface area contributed by atoms with Crippen molar-refractivity contribution in [2.24, 2.45) is 0 Å². The first-order valence-electron chi connectivity index (χ1n) is 5.67. The summed E-state index contributed by atoms with van der Waals surface area (Å²) in [6.07, 6.45) is 2.09. The first kappa shape index (κ1) is 16.8. The van der Waals surface area contributed by atoms with Crippen molar-refractivity contribution in [1.29, 1.82) is 0 Å². The van der Waals surface area contributed by atoms with Crippen molar-refractivity contribution >= 4 is 13.6 Å². The molecule has 0 aliphatic rings. The molecule has 0 unspecified atom stereocenters. The zero-order valence-corrected chi connectivity index (χ0v) is 11.4. The highest BCUT2D eigenvalue weighted by Crippen LogP contribution is 2.39. The van der Waals surface area contributed by atoms with E-state index in [0.717, 1.165) is 0 Å². The van der Waals surface area contributed by atoms with Gasteiger partial charge in [-0.3, -0.25) is 4.57 Å². The van der Waals surface area contributed by atoms with E-state index >= 15 is 0 Å². The van der Waals surface area contributed by atoms with Gasteiger partial charge in [0.2, 0.25) is 0 Å². The second-order valence-electron chi connectivity index (χ2n) is 3.79. The standard InChI is InChI=1S/C8H9O5P.C4H10/c9-8(10)7-4-2-1-3-6(7)5-14(11,12)13;1-3-4-2/h1-4H,5H2,(H,9,10)(H2,11,12,13);3-4H2,1-2H3. The molecule has 5 nitrogen and oxygen atoms in total. The molecule has 0 aliphatic heterocycles. The predicted molar refractivity (Wildman–Crippen MR) is 69.7 cm³/mol. The zero-order valence-electron chi connectivity index (χ0n) is 10.5. The lowest BCUT2D eigenvalue weighted by Gasteiger charge is -2.06. The maximum absolute atomic E-state index is 10.7. The Balaban J connectivity index is 0.000000631. The van der Waals surface area contributed by atoms with Crippen molar-refractivity contribution in [3.05, 3.63) is 35.4 Å². The summed E-state index contributed by atoms with van der Waals surface area (Å²) in [7, 11) is -4.22. The van der Waals surface area contributed by atoms with Crippen LogP contribution >= 0.6 is 7.60 Å². The molecule has 0 atom stereocenters. The fourth-order valence-electron chi connectivity index (χ4n) is 1.09. The number of rotatable bonds is 4. The lowest BCUT2D eigenvalue weighted by molar-refractivity contribution is 0.0696. The van der Waals surface area contributed by atoms with Gasteiger partial charge in [0, 0.05) is 0 Å². The molecule has 1 aromatic rings. The largest absolute Gasteiger partial charge is 0.478 e. The van der Waals surface area contributed by atoms with Gasteiger partial charge in [0.1, 0.15) is 0 Å². The van der Waals surface area contributed by atoms with Gasteiger partial charge in [-0.1, -0.05) is 44.9 Å². The summed E-state index contributed by atoms with van der Waals surface area (Å²) < 4.78 is 10.7. The molecule has 3 N–H and O–H groups in total. The summed E-state index contributed by atoms with van der Waals surface area (Å²) in [4.78, 5) is 28.0. The number of unbranched alkanes of at least 4 members (excludes halogenated alkanes) is 1. The van der Waals surface area contributed by atoms with E-state index in [1.54, 1.807) is 0 Å². The van der Waals surface area contributed by atoms with E-state index in [1.165, 1.54) is 37.1 Å². The second kappa shape index (κ2) is 8.03. The summed E-state index contributed by atoms with van der Waals surface area (Å²) in [5.41, 5.74) is 0.0733. The van der Waals surface area contributed by atoms with E-state index < -0.39 is 19.7 Å². The molecule has 102 valence electrons. The molecule has 0 fully saturated rings. The van der Waals surface area contributed by atoms with E-state index in [4.69, 9.17) is 14.9 Å². The van der Waals surface area contributed by atoms with Gasteiger partial charge < -0.3 is 14.9 Å². The van der Waals surface area contributed by atoms with Gasteiger partial charge in [-0.2, -0.15) is 0 Å². The number of carbonyl (C=O) groups is 1. The van der Waals surface area contributed by atoms with E-state index in [0.29, 0.717) is 0 Å². The van der Waals surface area contributed by atoms with Crippen LogP contribution in [0.1, 0.15) is 42.6 Å². The summed E-state index contributed by atoms with van der Waals surface area (Å²) in [6.45, 7) is 4.36. The first-order chi connectivity index (χ1) is 8.31. The van der Waals surface area contributed by atoms with Crippen LogP contribution in [0.4, 0.5) is 0 Å². The summed E-state index contributed by atoms with van der Waals surface area (Å²) >= 11 is 0. The predicted octanol–water partition coefficient (Wildman–Crippen LogP) is 2.87. The lowest BCUT2D eigenvalue weighted by Crippen LogP contribution is -2.02. The molecule has 1 aromatic carbocycles. The molecule has 0 amide bonds. The highest BCUT2D eigenvalue weighted by Gasteiger charge is 2.18. The van der Waals surface area contributed by atoms with E-state index in [2.05, 4.69) is 13.8 Å². The molecule has 0 spiro atoms. The third kappa shape index (κ3) is 7.22. The topological polar surface area (TPSA) is 94.8 Å². The van der Waals surface area contributed by atoms with Gasteiger partial charge in [0.25, 0.3) is 0 Å². The van der Waals surface area contributed by atoms with Crippen molar-refractivity contribution in [2.45, 2.75) is 32.9 Å². The average Bonchev–Trinajstić information content (AvgIpc) is 2.27. The molecule has 0 saturated heterocycles. The normalized spacial score (nSPS) is 10.4. The Kier molecular flexibility index (Phi) is 7.51. The van der Waals surface area contributed by atoms with Crippen LogP contribution in [0.5, 0.6) is 0 Å². The Bertz CT molecular complexity index is 422. The minimum absolute atomic E-state index is 0.0733. The summed E-state index contributed by atoms with van der Waals surface area (Å²) in [6, 6.07) is 5.75. The molecule has 0 radical (unpaired) electrons. The highest BCUT2D eigenvalue weighted by atomic mass is 31.2. The molecule has 1 rings (SSSR count). The molecule has 0 saturated carbocycles. The van der Waals surface area contributed by atoms with Crippen molar-refractivity contribution in [3.63, 3.8) is 0 Å². The number of aromatic carboxylic acids is 1. The number of carboxylic acids is 1. The fraction of sp³-hybridized carbons (Fsp3) is 0.417. The highest BCUT2D eigenvalue weighted by molar-refractivity contribution is 7.50. The monoisotopic (exact) mass is 274 g/mol. The summed E-state index contributed by atoms with van der Waals surface area (Å²) in [5, 5.41) is 8.71. The maximum atomic E-state index is 10.7. The molecular weight excluding hydrogens is 255 g/mol. The first-order valence-corrected chi connectivity index (χ1v) is 7.47. The van der Waals surface area contributed by atoms with E-state index in [1.807, 2.05) is 0 Å². The van der Waals surface area contributed by atoms with Crippen LogP contribution in [-0.4, -0.2) is 20.9 Å². The number of benzene rings is 1. The molecule has 6 heteroatoms. The zero-order chi connectivity index (χ0) is 14.2. The number of hydrogen-bond donors (Lipinski definition) is 3. The van der Waals surface area contributed by atoms with Crippen molar-refractivity contribution in [3.8, 4) is 0 Å². The van der Waals surface area contributed by atoms with Gasteiger partial charge in [-0.05, 0) is 11.6 Å². The van der Waals surface area contributed by atoms with Crippen LogP contribution in [0.25, 0.3) is 0 Å². The fourth-order valence-corrected chi connectivity index (χ4v) is 1.81. The number of carboxylic acid groups (broad SMARTS) is 1. The molecule has 0 aliphatic carbocycles. The second-order valence-corrected chi connectivity index (χ2v) is 5.43. The molecule has 18 heavy (non-hydrogen) atoms. The van der Waals surface area contributed by atoms with Gasteiger partial charge in [-0.15, -0.1) is 0 Å². The van der Waals surface area contributed by atoms with Crippen LogP contribution in [0, 0.1) is 0 Å². The minimum Gasteiger partial charge on any atom is -0.478 e. The van der Waals surface area contributed by atoms with Crippen molar-refractivity contribution < 1.29 is 24.3 Å². The third-order valence-electron chi connectivity index (χ3n) is 2.12. The lowest BCUT2D eigenvalue weighted by atomic mass is 10.1. The van der Waals surface area contributed by atoms with Gasteiger partial charge in [0.15, 0.2) is 0 Å². The van der Waals surface area contributed by atoms with Gasteiger partial charge in [0.05, 0.1) is 11.7 Å². The Morgan fingerprint density at radius 2 is 1.67 bits per heavy atom. The molecule has 0 aromatic heterocycles.